The summed E-state index contributed by atoms with van der Waals surface area (Å²) < 4.78 is 0. The van der Waals surface area contributed by atoms with E-state index in [1.54, 1.807) is 31.0 Å². The molecule has 1 amide bonds. The van der Waals surface area contributed by atoms with E-state index < -0.39 is 6.04 Å². The number of nitrogens with zero attached hydrogens (tertiary/aromatic N) is 2. The third-order valence-corrected chi connectivity index (χ3v) is 2.27. The highest BCUT2D eigenvalue weighted by molar-refractivity contribution is 5.80. The molecule has 0 spiro atoms. The van der Waals surface area contributed by atoms with Gasteiger partial charge in [-0.15, -0.1) is 0 Å². The Morgan fingerprint density at radius 2 is 2.06 bits per heavy atom. The van der Waals surface area contributed by atoms with E-state index in [0.29, 0.717) is 12.1 Å². The maximum absolute atomic E-state index is 11.5. The lowest BCUT2D eigenvalue weighted by molar-refractivity contribution is -0.131. The molecule has 0 saturated carbocycles. The van der Waals surface area contributed by atoms with Crippen molar-refractivity contribution in [2.45, 2.75) is 19.5 Å². The molecule has 16 heavy (non-hydrogen) atoms. The lowest BCUT2D eigenvalue weighted by atomic mass is 10.1. The van der Waals surface area contributed by atoms with Crippen LogP contribution in [-0.2, 0) is 11.3 Å². The second-order valence-electron chi connectivity index (χ2n) is 3.79. The van der Waals surface area contributed by atoms with Crippen LogP contribution in [0, 0.1) is 11.3 Å². The first kappa shape index (κ1) is 12.2. The molecule has 1 aromatic rings. The van der Waals surface area contributed by atoms with Gasteiger partial charge < -0.3 is 10.6 Å². The maximum atomic E-state index is 11.5. The van der Waals surface area contributed by atoms with E-state index in [1.807, 2.05) is 18.2 Å². The number of hydrogen-bond donors (Lipinski definition) is 1. The zero-order chi connectivity index (χ0) is 12.1. The number of rotatable bonds is 3. The Labute approximate surface area is 95.3 Å². The number of carbonyl (C=O) groups excluding carboxylic acids is 1. The molecular weight excluding hydrogens is 202 g/mol. The SMILES string of the molecule is CC(N)C(=O)N(C)Cc1ccc(C#N)cc1. The highest BCUT2D eigenvalue weighted by Gasteiger charge is 2.13. The van der Waals surface area contributed by atoms with Gasteiger partial charge in [-0.3, -0.25) is 4.79 Å². The fraction of sp³-hybridized carbons (Fsp3) is 0.333. The Morgan fingerprint density at radius 1 is 1.50 bits per heavy atom. The fourth-order valence-corrected chi connectivity index (χ4v) is 1.38. The van der Waals surface area contributed by atoms with E-state index in [-0.39, 0.29) is 5.91 Å². The molecule has 1 aromatic carbocycles. The monoisotopic (exact) mass is 217 g/mol. The first-order valence-electron chi connectivity index (χ1n) is 5.04. The van der Waals surface area contributed by atoms with Crippen LogP contribution in [0.3, 0.4) is 0 Å². The molecule has 0 aliphatic heterocycles. The molecule has 4 heteroatoms. The van der Waals surface area contributed by atoms with Gasteiger partial charge in [0.2, 0.25) is 5.91 Å². The molecule has 0 bridgehead atoms. The molecule has 0 aromatic heterocycles. The Bertz CT molecular complexity index is 403. The molecule has 0 fully saturated rings. The molecule has 1 atom stereocenters. The molecule has 84 valence electrons. The van der Waals surface area contributed by atoms with Crippen LogP contribution in [0.2, 0.25) is 0 Å². The first-order chi connectivity index (χ1) is 7.54. The second-order valence-corrected chi connectivity index (χ2v) is 3.79. The summed E-state index contributed by atoms with van der Waals surface area (Å²) in [5.74, 6) is -0.0932. The molecule has 1 unspecified atom stereocenters. The number of carbonyl (C=O) groups is 1. The van der Waals surface area contributed by atoms with Gasteiger partial charge in [0.05, 0.1) is 17.7 Å². The van der Waals surface area contributed by atoms with Gasteiger partial charge in [0.1, 0.15) is 0 Å². The van der Waals surface area contributed by atoms with Crippen molar-refractivity contribution in [1.82, 2.24) is 4.90 Å². The van der Waals surface area contributed by atoms with Crippen LogP contribution in [0.5, 0.6) is 0 Å². The van der Waals surface area contributed by atoms with Crippen LogP contribution in [0.25, 0.3) is 0 Å². The quantitative estimate of drug-likeness (QED) is 0.816. The molecule has 4 nitrogen and oxygen atoms in total. The summed E-state index contributed by atoms with van der Waals surface area (Å²) in [6.07, 6.45) is 0. The summed E-state index contributed by atoms with van der Waals surface area (Å²) in [4.78, 5) is 13.1. The van der Waals surface area contributed by atoms with Gasteiger partial charge in [0.15, 0.2) is 0 Å². The molecule has 1 rings (SSSR count). The van der Waals surface area contributed by atoms with E-state index in [2.05, 4.69) is 0 Å². The predicted molar refractivity (Wildman–Crippen MR) is 61.3 cm³/mol. The van der Waals surface area contributed by atoms with Crippen LogP contribution in [-0.4, -0.2) is 23.9 Å². The Kier molecular flexibility index (Phi) is 4.03. The van der Waals surface area contributed by atoms with Crippen molar-refractivity contribution in [2.24, 2.45) is 5.73 Å². The van der Waals surface area contributed by atoms with Gasteiger partial charge in [-0.05, 0) is 24.6 Å². The topological polar surface area (TPSA) is 70.1 Å². The van der Waals surface area contributed by atoms with Crippen molar-refractivity contribution in [2.75, 3.05) is 7.05 Å². The zero-order valence-electron chi connectivity index (χ0n) is 9.47. The van der Waals surface area contributed by atoms with Gasteiger partial charge in [0, 0.05) is 13.6 Å². The lowest BCUT2D eigenvalue weighted by Gasteiger charge is -2.19. The zero-order valence-corrected chi connectivity index (χ0v) is 9.47. The van der Waals surface area contributed by atoms with E-state index >= 15 is 0 Å². The normalized spacial score (nSPS) is 11.6. The number of hydrogen-bond acceptors (Lipinski definition) is 3. The van der Waals surface area contributed by atoms with Crippen LogP contribution in [0.1, 0.15) is 18.1 Å². The van der Waals surface area contributed by atoms with Crippen LogP contribution < -0.4 is 5.73 Å². The summed E-state index contributed by atoms with van der Waals surface area (Å²) in [7, 11) is 1.71. The molecule has 0 aliphatic carbocycles. The van der Waals surface area contributed by atoms with Gasteiger partial charge >= 0.3 is 0 Å². The third-order valence-electron chi connectivity index (χ3n) is 2.27. The second kappa shape index (κ2) is 5.29. The van der Waals surface area contributed by atoms with Crippen molar-refractivity contribution in [3.05, 3.63) is 35.4 Å². The van der Waals surface area contributed by atoms with Crippen molar-refractivity contribution in [3.63, 3.8) is 0 Å². The van der Waals surface area contributed by atoms with Crippen LogP contribution in [0.15, 0.2) is 24.3 Å². The first-order valence-corrected chi connectivity index (χ1v) is 5.04. The van der Waals surface area contributed by atoms with Gasteiger partial charge in [-0.1, -0.05) is 12.1 Å². The largest absolute Gasteiger partial charge is 0.340 e. The fourth-order valence-electron chi connectivity index (χ4n) is 1.38. The molecule has 0 saturated heterocycles. The van der Waals surface area contributed by atoms with Crippen molar-refractivity contribution >= 4 is 5.91 Å². The van der Waals surface area contributed by atoms with Gasteiger partial charge in [-0.2, -0.15) is 5.26 Å². The van der Waals surface area contributed by atoms with E-state index in [9.17, 15) is 4.79 Å². The number of benzene rings is 1. The molecule has 2 N–H and O–H groups in total. The van der Waals surface area contributed by atoms with Crippen LogP contribution >= 0.6 is 0 Å². The minimum Gasteiger partial charge on any atom is -0.340 e. The van der Waals surface area contributed by atoms with E-state index in [1.165, 1.54) is 0 Å². The molecule has 0 heterocycles. The summed E-state index contributed by atoms with van der Waals surface area (Å²) in [5.41, 5.74) is 7.10. The van der Waals surface area contributed by atoms with Crippen molar-refractivity contribution < 1.29 is 4.79 Å². The molecule has 0 aliphatic rings. The average Bonchev–Trinajstić information content (AvgIpc) is 2.28. The highest BCUT2D eigenvalue weighted by atomic mass is 16.2. The molecular formula is C12H15N3O. The summed E-state index contributed by atoms with van der Waals surface area (Å²) >= 11 is 0. The number of amides is 1. The Balaban J connectivity index is 2.67. The summed E-state index contributed by atoms with van der Waals surface area (Å²) in [6.45, 7) is 2.17. The van der Waals surface area contributed by atoms with Gasteiger partial charge in [-0.25, -0.2) is 0 Å². The van der Waals surface area contributed by atoms with E-state index in [4.69, 9.17) is 11.0 Å². The van der Waals surface area contributed by atoms with E-state index in [0.717, 1.165) is 5.56 Å². The summed E-state index contributed by atoms with van der Waals surface area (Å²) in [6, 6.07) is 8.71. The lowest BCUT2D eigenvalue weighted by Crippen LogP contribution is -2.39. The standard InChI is InChI=1S/C12H15N3O/c1-9(14)12(16)15(2)8-11-5-3-10(7-13)4-6-11/h3-6,9H,8,14H2,1-2H3. The average molecular weight is 217 g/mol. The maximum Gasteiger partial charge on any atom is 0.239 e. The van der Waals surface area contributed by atoms with Gasteiger partial charge in [0.25, 0.3) is 0 Å². The Hall–Kier alpha value is -1.86. The number of nitrogens with two attached hydrogens (primary N) is 1. The van der Waals surface area contributed by atoms with Crippen molar-refractivity contribution in [3.8, 4) is 6.07 Å². The Morgan fingerprint density at radius 3 is 2.50 bits per heavy atom. The number of likely N-dealkylation sites (N-methyl/N-ethyl adjacent to an activating group) is 1. The number of nitriles is 1. The predicted octanol–water partition coefficient (Wildman–Crippen LogP) is 0.864. The smallest absolute Gasteiger partial charge is 0.239 e. The highest BCUT2D eigenvalue weighted by Crippen LogP contribution is 2.06. The minimum absolute atomic E-state index is 0.0932. The minimum atomic E-state index is -0.483. The van der Waals surface area contributed by atoms with Crippen LogP contribution in [0.4, 0.5) is 0 Å². The van der Waals surface area contributed by atoms with Crippen molar-refractivity contribution in [1.29, 1.82) is 5.26 Å². The summed E-state index contributed by atoms with van der Waals surface area (Å²) in [5, 5.41) is 8.64. The molecule has 0 radical (unpaired) electrons. The third kappa shape index (κ3) is 3.07.